The van der Waals surface area contributed by atoms with E-state index in [1.165, 1.54) is 6.08 Å². The van der Waals surface area contributed by atoms with Gasteiger partial charge in [-0.3, -0.25) is 9.69 Å². The molecule has 6 heteroatoms. The van der Waals surface area contributed by atoms with E-state index >= 15 is 0 Å². The number of carbonyl (C=O) groups is 1. The molecule has 152 valence electrons. The molecule has 0 saturated carbocycles. The van der Waals surface area contributed by atoms with E-state index in [0.717, 1.165) is 6.54 Å². The number of benzene rings is 1. The summed E-state index contributed by atoms with van der Waals surface area (Å²) in [6.07, 6.45) is 4.60. The highest BCUT2D eigenvalue weighted by molar-refractivity contribution is 6.01. The van der Waals surface area contributed by atoms with Crippen LogP contribution in [0.4, 0.5) is 5.69 Å². The van der Waals surface area contributed by atoms with Crippen LogP contribution in [0, 0.1) is 0 Å². The third-order valence-electron chi connectivity index (χ3n) is 4.31. The molecule has 0 unspecified atom stereocenters. The Morgan fingerprint density at radius 1 is 1.18 bits per heavy atom. The van der Waals surface area contributed by atoms with E-state index in [1.54, 1.807) is 49.8 Å². The minimum atomic E-state index is -0.252. The topological polar surface area (TPSA) is 63.9 Å². The van der Waals surface area contributed by atoms with Gasteiger partial charge in [-0.1, -0.05) is 0 Å². The van der Waals surface area contributed by atoms with Crippen molar-refractivity contribution in [1.29, 1.82) is 0 Å². The number of nitrogens with one attached hydrogen (secondary N) is 1. The van der Waals surface area contributed by atoms with Gasteiger partial charge >= 0.3 is 0 Å². The van der Waals surface area contributed by atoms with Crippen molar-refractivity contribution >= 4 is 17.7 Å². The second-order valence-electron chi connectivity index (χ2n) is 6.98. The molecule has 0 aliphatic heterocycles. The summed E-state index contributed by atoms with van der Waals surface area (Å²) in [4.78, 5) is 14.5. The van der Waals surface area contributed by atoms with E-state index in [9.17, 15) is 4.79 Å². The molecule has 1 N–H and O–H groups in total. The smallest absolute Gasteiger partial charge is 0.248 e. The van der Waals surface area contributed by atoms with Gasteiger partial charge in [0.2, 0.25) is 5.91 Å². The van der Waals surface area contributed by atoms with Gasteiger partial charge in [0.25, 0.3) is 0 Å². The van der Waals surface area contributed by atoms with Crippen molar-refractivity contribution < 1.29 is 18.7 Å². The highest BCUT2D eigenvalue weighted by Crippen LogP contribution is 2.30. The van der Waals surface area contributed by atoms with E-state index in [4.69, 9.17) is 13.9 Å². The minimum Gasteiger partial charge on any atom is -0.493 e. The fourth-order valence-electron chi connectivity index (χ4n) is 2.97. The van der Waals surface area contributed by atoms with E-state index < -0.39 is 0 Å². The second-order valence-corrected chi connectivity index (χ2v) is 6.98. The van der Waals surface area contributed by atoms with Crippen LogP contribution in [0.2, 0.25) is 0 Å². The van der Waals surface area contributed by atoms with Crippen LogP contribution in [0.1, 0.15) is 33.5 Å². The number of hydrogen-bond donors (Lipinski definition) is 1. The molecule has 0 bridgehead atoms. The molecule has 0 aliphatic carbocycles. The summed E-state index contributed by atoms with van der Waals surface area (Å²) in [5.41, 5.74) is 0.634. The Morgan fingerprint density at radius 3 is 2.54 bits per heavy atom. The number of rotatable bonds is 10. The minimum absolute atomic E-state index is 0.252. The molecular weight excluding hydrogens is 356 g/mol. The highest BCUT2D eigenvalue weighted by Gasteiger charge is 2.14. The molecule has 0 radical (unpaired) electrons. The molecule has 0 atom stereocenters. The number of hydrogen-bond acceptors (Lipinski definition) is 5. The number of anilines is 1. The second kappa shape index (κ2) is 10.6. The number of amides is 1. The predicted molar refractivity (Wildman–Crippen MR) is 112 cm³/mol. The van der Waals surface area contributed by atoms with E-state index in [2.05, 4.69) is 37.9 Å². The zero-order chi connectivity index (χ0) is 20.5. The monoisotopic (exact) mass is 386 g/mol. The SMILES string of the molecule is COc1ccc(NC(=O)/C=C/c2ccco2)cc1OCCN(C(C)C)C(C)C. The molecule has 0 saturated heterocycles. The largest absolute Gasteiger partial charge is 0.493 e. The Balaban J connectivity index is 1.99. The van der Waals surface area contributed by atoms with Crippen molar-refractivity contribution in [2.45, 2.75) is 39.8 Å². The fourth-order valence-corrected chi connectivity index (χ4v) is 2.97. The van der Waals surface area contributed by atoms with Crippen molar-refractivity contribution in [3.63, 3.8) is 0 Å². The van der Waals surface area contributed by atoms with E-state index in [0.29, 0.717) is 41.6 Å². The molecule has 0 spiro atoms. The van der Waals surface area contributed by atoms with Gasteiger partial charge < -0.3 is 19.2 Å². The fraction of sp³-hybridized carbons (Fsp3) is 0.409. The Hall–Kier alpha value is -2.73. The first-order valence-corrected chi connectivity index (χ1v) is 9.50. The van der Waals surface area contributed by atoms with Crippen molar-refractivity contribution in [2.75, 3.05) is 25.6 Å². The van der Waals surface area contributed by atoms with Crippen LogP contribution in [-0.4, -0.2) is 43.2 Å². The maximum absolute atomic E-state index is 12.1. The van der Waals surface area contributed by atoms with Crippen molar-refractivity contribution in [1.82, 2.24) is 4.90 Å². The number of carbonyl (C=O) groups excluding carboxylic acids is 1. The average Bonchev–Trinajstić information content (AvgIpc) is 3.16. The van der Waals surface area contributed by atoms with Gasteiger partial charge in [-0.15, -0.1) is 0 Å². The molecule has 0 aliphatic rings. The Kier molecular flexibility index (Phi) is 8.14. The van der Waals surface area contributed by atoms with Crippen LogP contribution in [0.5, 0.6) is 11.5 Å². The zero-order valence-electron chi connectivity index (χ0n) is 17.3. The van der Waals surface area contributed by atoms with Crippen LogP contribution >= 0.6 is 0 Å². The molecule has 1 aromatic heterocycles. The van der Waals surface area contributed by atoms with Gasteiger partial charge in [0.1, 0.15) is 12.4 Å². The summed E-state index contributed by atoms with van der Waals surface area (Å²) in [5, 5.41) is 2.82. The molecule has 1 aromatic carbocycles. The van der Waals surface area contributed by atoms with Crippen LogP contribution in [0.25, 0.3) is 6.08 Å². The first-order valence-electron chi connectivity index (χ1n) is 9.50. The van der Waals surface area contributed by atoms with E-state index in [-0.39, 0.29) is 5.91 Å². The maximum atomic E-state index is 12.1. The third kappa shape index (κ3) is 6.46. The van der Waals surface area contributed by atoms with Crippen LogP contribution in [0.15, 0.2) is 47.1 Å². The standard InChI is InChI=1S/C22H30N2O4/c1-16(2)24(17(3)4)12-14-28-21-15-18(8-10-20(21)26-5)23-22(25)11-9-19-7-6-13-27-19/h6-11,13,15-17H,12,14H2,1-5H3,(H,23,25)/b11-9+. The van der Waals surface area contributed by atoms with Gasteiger partial charge in [-0.05, 0) is 58.0 Å². The number of ether oxygens (including phenoxy) is 2. The van der Waals surface area contributed by atoms with Gasteiger partial charge in [0.15, 0.2) is 11.5 Å². The van der Waals surface area contributed by atoms with Crippen LogP contribution in [-0.2, 0) is 4.79 Å². The van der Waals surface area contributed by atoms with Crippen molar-refractivity contribution in [3.05, 3.63) is 48.4 Å². The maximum Gasteiger partial charge on any atom is 0.248 e. The zero-order valence-corrected chi connectivity index (χ0v) is 17.3. The lowest BCUT2D eigenvalue weighted by Crippen LogP contribution is -2.39. The molecule has 2 aromatic rings. The Morgan fingerprint density at radius 2 is 1.93 bits per heavy atom. The normalized spacial score (nSPS) is 11.6. The van der Waals surface area contributed by atoms with Gasteiger partial charge in [-0.2, -0.15) is 0 Å². The molecule has 1 heterocycles. The molecular formula is C22H30N2O4. The van der Waals surface area contributed by atoms with Crippen LogP contribution < -0.4 is 14.8 Å². The number of methoxy groups -OCH3 is 1. The first kappa shape index (κ1) is 21.6. The van der Waals surface area contributed by atoms with Gasteiger partial charge in [-0.25, -0.2) is 0 Å². The first-order chi connectivity index (χ1) is 13.4. The molecule has 0 fully saturated rings. The summed E-state index contributed by atoms with van der Waals surface area (Å²) in [6.45, 7) is 10.0. The average molecular weight is 386 g/mol. The molecule has 1 amide bonds. The lowest BCUT2D eigenvalue weighted by atomic mass is 10.2. The Bertz CT molecular complexity index is 759. The summed E-state index contributed by atoms with van der Waals surface area (Å²) in [7, 11) is 1.60. The van der Waals surface area contributed by atoms with Gasteiger partial charge in [0, 0.05) is 36.5 Å². The van der Waals surface area contributed by atoms with E-state index in [1.807, 2.05) is 0 Å². The number of furan rings is 1. The lowest BCUT2D eigenvalue weighted by molar-refractivity contribution is -0.111. The summed E-state index contributed by atoms with van der Waals surface area (Å²) in [5.74, 6) is 1.60. The summed E-state index contributed by atoms with van der Waals surface area (Å²) < 4.78 is 16.5. The Labute approximate surface area is 167 Å². The molecule has 28 heavy (non-hydrogen) atoms. The van der Waals surface area contributed by atoms with Crippen molar-refractivity contribution in [3.8, 4) is 11.5 Å². The summed E-state index contributed by atoms with van der Waals surface area (Å²) >= 11 is 0. The highest BCUT2D eigenvalue weighted by atomic mass is 16.5. The lowest BCUT2D eigenvalue weighted by Gasteiger charge is -2.30. The number of nitrogens with zero attached hydrogens (tertiary/aromatic N) is 1. The molecule has 2 rings (SSSR count). The quantitative estimate of drug-likeness (QED) is 0.612. The van der Waals surface area contributed by atoms with Crippen LogP contribution in [0.3, 0.4) is 0 Å². The predicted octanol–water partition coefficient (Wildman–Crippen LogP) is 4.44. The van der Waals surface area contributed by atoms with Gasteiger partial charge in [0.05, 0.1) is 13.4 Å². The summed E-state index contributed by atoms with van der Waals surface area (Å²) in [6, 6.07) is 9.76. The molecule has 6 nitrogen and oxygen atoms in total. The third-order valence-corrected chi connectivity index (χ3v) is 4.31. The van der Waals surface area contributed by atoms with Crippen molar-refractivity contribution in [2.24, 2.45) is 0 Å².